The van der Waals surface area contributed by atoms with Gasteiger partial charge in [-0.2, -0.15) is 0 Å². The first-order valence-corrected chi connectivity index (χ1v) is 17.7. The number of amides is 2. The van der Waals surface area contributed by atoms with E-state index in [-0.39, 0.29) is 25.4 Å². The molecule has 1 saturated heterocycles. The van der Waals surface area contributed by atoms with Crippen molar-refractivity contribution in [3.8, 4) is 11.1 Å². The molecule has 0 spiro atoms. The maximum atomic E-state index is 12.9. The van der Waals surface area contributed by atoms with E-state index >= 15 is 0 Å². The van der Waals surface area contributed by atoms with Crippen molar-refractivity contribution in [2.75, 3.05) is 7.11 Å². The fourth-order valence-corrected chi connectivity index (χ4v) is 6.71. The standard InChI is InChI=1S/C43H42N4O6/c1-51-41(49)38(22-29-9-3-2-4-10-29)46-43(50)44-25-31-11-7-12-33(21-31)34-13-8-14-35(23-34)42-52-36(26-47-28-45-37-15-5-6-16-39(37)47)24-40(53-42)32-19-17-30(27-48)18-20-32/h2-21,23,28,36,38,40,42,48H,22,24-27H2,1H3,(H2,44,46,50)/t36-,38+,40+,42+/m1/s1. The number of nitrogens with one attached hydrogen (secondary N) is 2. The molecule has 1 aromatic heterocycles. The molecule has 1 aliphatic rings. The van der Waals surface area contributed by atoms with Gasteiger partial charge in [0.25, 0.3) is 0 Å². The minimum absolute atomic E-state index is 0.0181. The summed E-state index contributed by atoms with van der Waals surface area (Å²) in [6.07, 6.45) is 1.81. The molecular formula is C43H42N4O6. The minimum atomic E-state index is -0.820. The zero-order chi connectivity index (χ0) is 36.6. The molecule has 0 aliphatic carbocycles. The molecule has 3 N–H and O–H groups in total. The molecule has 0 saturated carbocycles. The second-order valence-corrected chi connectivity index (χ2v) is 13.2. The monoisotopic (exact) mass is 710 g/mol. The van der Waals surface area contributed by atoms with Gasteiger partial charge in [0, 0.05) is 24.9 Å². The number of ether oxygens (including phenoxy) is 3. The van der Waals surface area contributed by atoms with Gasteiger partial charge in [-0.1, -0.05) is 103 Å². The van der Waals surface area contributed by atoms with Crippen LogP contribution in [0.25, 0.3) is 22.2 Å². The summed E-state index contributed by atoms with van der Waals surface area (Å²) in [4.78, 5) is 29.9. The number of hydrogen-bond acceptors (Lipinski definition) is 7. The molecule has 6 aromatic rings. The van der Waals surface area contributed by atoms with Gasteiger partial charge in [-0.15, -0.1) is 0 Å². The second-order valence-electron chi connectivity index (χ2n) is 13.2. The van der Waals surface area contributed by atoms with Gasteiger partial charge in [-0.05, 0) is 57.6 Å². The molecule has 1 fully saturated rings. The summed E-state index contributed by atoms with van der Waals surface area (Å²) in [6, 6.07) is 40.2. The van der Waals surface area contributed by atoms with Gasteiger partial charge < -0.3 is 34.5 Å². The Bertz CT molecular complexity index is 2150. The number of aliphatic hydroxyl groups excluding tert-OH is 1. The molecule has 2 heterocycles. The van der Waals surface area contributed by atoms with E-state index in [1.165, 1.54) is 7.11 Å². The largest absolute Gasteiger partial charge is 0.467 e. The van der Waals surface area contributed by atoms with E-state index < -0.39 is 24.3 Å². The number of rotatable bonds is 12. The van der Waals surface area contributed by atoms with Gasteiger partial charge in [0.2, 0.25) is 0 Å². The fraction of sp³-hybridized carbons (Fsp3) is 0.233. The Morgan fingerprint density at radius 1 is 0.830 bits per heavy atom. The highest BCUT2D eigenvalue weighted by Crippen LogP contribution is 2.39. The molecule has 7 rings (SSSR count). The number of methoxy groups -OCH3 is 1. The predicted molar refractivity (Wildman–Crippen MR) is 201 cm³/mol. The van der Waals surface area contributed by atoms with Crippen LogP contribution in [0, 0.1) is 0 Å². The van der Waals surface area contributed by atoms with E-state index in [4.69, 9.17) is 14.2 Å². The zero-order valence-corrected chi connectivity index (χ0v) is 29.4. The third-order valence-corrected chi connectivity index (χ3v) is 9.49. The third-order valence-electron chi connectivity index (χ3n) is 9.49. The summed E-state index contributed by atoms with van der Waals surface area (Å²) >= 11 is 0. The molecule has 0 bridgehead atoms. The van der Waals surface area contributed by atoms with Crippen LogP contribution in [0.2, 0.25) is 0 Å². The highest BCUT2D eigenvalue weighted by molar-refractivity contribution is 5.83. The summed E-state index contributed by atoms with van der Waals surface area (Å²) in [5.41, 5.74) is 8.49. The number of urea groups is 1. The maximum Gasteiger partial charge on any atom is 0.328 e. The van der Waals surface area contributed by atoms with Crippen LogP contribution in [0.3, 0.4) is 0 Å². The van der Waals surface area contributed by atoms with Crippen molar-refractivity contribution < 1.29 is 28.9 Å². The Kier molecular flexibility index (Phi) is 11.2. The van der Waals surface area contributed by atoms with Crippen molar-refractivity contribution in [3.63, 3.8) is 0 Å². The van der Waals surface area contributed by atoms with Crippen molar-refractivity contribution in [2.24, 2.45) is 0 Å². The second kappa shape index (κ2) is 16.7. The van der Waals surface area contributed by atoms with Crippen LogP contribution in [0.15, 0.2) is 134 Å². The number of aromatic nitrogens is 2. The average Bonchev–Trinajstić information content (AvgIpc) is 3.62. The molecule has 10 nitrogen and oxygen atoms in total. The summed E-state index contributed by atoms with van der Waals surface area (Å²) in [7, 11) is 1.31. The molecule has 2 amide bonds. The number of hydrogen-bond donors (Lipinski definition) is 3. The molecule has 0 unspecified atom stereocenters. The smallest absolute Gasteiger partial charge is 0.328 e. The lowest BCUT2D eigenvalue weighted by Crippen LogP contribution is -2.47. The van der Waals surface area contributed by atoms with Gasteiger partial charge in [0.15, 0.2) is 6.29 Å². The fourth-order valence-electron chi connectivity index (χ4n) is 6.71. The normalized spacial score (nSPS) is 17.6. The number of esters is 1. The molecule has 5 aromatic carbocycles. The number of carbonyl (C=O) groups is 2. The van der Waals surface area contributed by atoms with E-state index in [9.17, 15) is 14.7 Å². The molecule has 270 valence electrons. The van der Waals surface area contributed by atoms with Gasteiger partial charge in [-0.25, -0.2) is 14.6 Å². The Morgan fingerprint density at radius 2 is 1.57 bits per heavy atom. The molecule has 4 atom stereocenters. The number of imidazole rings is 1. The van der Waals surface area contributed by atoms with E-state index in [0.717, 1.165) is 50.0 Å². The third kappa shape index (κ3) is 8.81. The van der Waals surface area contributed by atoms with Crippen molar-refractivity contribution in [1.29, 1.82) is 0 Å². The number of nitrogens with zero attached hydrogens (tertiary/aromatic N) is 2. The zero-order valence-electron chi connectivity index (χ0n) is 29.4. The van der Waals surface area contributed by atoms with Gasteiger partial charge in [0.05, 0.1) is 49.8 Å². The first-order chi connectivity index (χ1) is 25.9. The summed E-state index contributed by atoms with van der Waals surface area (Å²) in [6.45, 7) is 0.852. The van der Waals surface area contributed by atoms with E-state index in [1.54, 1.807) is 0 Å². The highest BCUT2D eigenvalue weighted by Gasteiger charge is 2.33. The SMILES string of the molecule is COC(=O)[C@H](Cc1ccccc1)NC(=O)NCc1cccc(-c2cccc([C@H]3O[C@@H](Cn4cnc5ccccc54)C[C@@H](c4ccc(CO)cc4)O3)c2)c1. The summed E-state index contributed by atoms with van der Waals surface area (Å²) < 4.78 is 20.4. The first kappa shape index (κ1) is 35.6. The van der Waals surface area contributed by atoms with Crippen molar-refractivity contribution in [1.82, 2.24) is 20.2 Å². The van der Waals surface area contributed by atoms with Crippen LogP contribution >= 0.6 is 0 Å². The van der Waals surface area contributed by atoms with E-state index in [1.807, 2.05) is 122 Å². The lowest BCUT2D eigenvalue weighted by molar-refractivity contribution is -0.252. The highest BCUT2D eigenvalue weighted by atomic mass is 16.7. The molecular weight excluding hydrogens is 668 g/mol. The van der Waals surface area contributed by atoms with E-state index in [2.05, 4.69) is 32.3 Å². The molecule has 1 aliphatic heterocycles. The van der Waals surface area contributed by atoms with Gasteiger partial charge in [0.1, 0.15) is 6.04 Å². The number of carbonyl (C=O) groups excluding carboxylic acids is 2. The van der Waals surface area contributed by atoms with Crippen LogP contribution in [0.5, 0.6) is 0 Å². The van der Waals surface area contributed by atoms with Crippen LogP contribution in [-0.2, 0) is 45.1 Å². The quantitative estimate of drug-likeness (QED) is 0.117. The average molecular weight is 711 g/mol. The lowest BCUT2D eigenvalue weighted by atomic mass is 9.98. The number of para-hydroxylation sites is 2. The van der Waals surface area contributed by atoms with Crippen LogP contribution in [-0.4, -0.2) is 45.9 Å². The van der Waals surface area contributed by atoms with Gasteiger partial charge >= 0.3 is 12.0 Å². The molecule has 10 heteroatoms. The summed E-state index contributed by atoms with van der Waals surface area (Å²) in [5, 5.41) is 15.2. The lowest BCUT2D eigenvalue weighted by Gasteiger charge is -2.36. The summed E-state index contributed by atoms with van der Waals surface area (Å²) in [5.74, 6) is -0.510. The number of benzene rings is 5. The molecule has 0 radical (unpaired) electrons. The topological polar surface area (TPSA) is 124 Å². The van der Waals surface area contributed by atoms with Crippen molar-refractivity contribution in [3.05, 3.63) is 162 Å². The number of aliphatic hydroxyl groups is 1. The van der Waals surface area contributed by atoms with E-state index in [0.29, 0.717) is 19.4 Å². The van der Waals surface area contributed by atoms with Crippen molar-refractivity contribution >= 4 is 23.0 Å². The molecule has 53 heavy (non-hydrogen) atoms. The van der Waals surface area contributed by atoms with Crippen LogP contribution < -0.4 is 10.6 Å². The predicted octanol–water partition coefficient (Wildman–Crippen LogP) is 7.02. The Labute approximate surface area is 308 Å². The van der Waals surface area contributed by atoms with Crippen LogP contribution in [0.1, 0.15) is 46.6 Å². The number of fused-ring (bicyclic) bond motifs is 1. The Balaban J connectivity index is 1.06. The maximum absolute atomic E-state index is 12.9. The first-order valence-electron chi connectivity index (χ1n) is 17.7. The Morgan fingerprint density at radius 3 is 2.36 bits per heavy atom. The Hall–Kier alpha value is -5.81. The van der Waals surface area contributed by atoms with Crippen LogP contribution in [0.4, 0.5) is 4.79 Å². The minimum Gasteiger partial charge on any atom is -0.467 e. The van der Waals surface area contributed by atoms with Crippen molar-refractivity contribution in [2.45, 2.75) is 57.1 Å². The van der Waals surface area contributed by atoms with Gasteiger partial charge in [-0.3, -0.25) is 0 Å².